The van der Waals surface area contributed by atoms with E-state index >= 15 is 0 Å². The summed E-state index contributed by atoms with van der Waals surface area (Å²) in [5.41, 5.74) is 1.45. The molecule has 0 saturated heterocycles. The summed E-state index contributed by atoms with van der Waals surface area (Å²) in [6.45, 7) is 3.10. The molecule has 1 aliphatic rings. The van der Waals surface area contributed by atoms with Gasteiger partial charge in [-0.15, -0.1) is 11.3 Å². The first-order chi connectivity index (χ1) is 8.38. The molecule has 0 radical (unpaired) electrons. The third-order valence-electron chi connectivity index (χ3n) is 3.23. The average molecular weight is 247 g/mol. The smallest absolute Gasteiger partial charge is 0.203 e. The van der Waals surface area contributed by atoms with Gasteiger partial charge in [-0.25, -0.2) is 4.98 Å². The van der Waals surface area contributed by atoms with E-state index in [1.54, 1.807) is 0 Å². The lowest BCUT2D eigenvalue weighted by Crippen LogP contribution is -2.06. The minimum absolute atomic E-state index is 0.689. The second kappa shape index (κ2) is 4.53. The van der Waals surface area contributed by atoms with E-state index in [1.807, 2.05) is 17.5 Å². The summed E-state index contributed by atoms with van der Waals surface area (Å²) in [4.78, 5) is 5.82. The zero-order valence-corrected chi connectivity index (χ0v) is 10.8. The van der Waals surface area contributed by atoms with E-state index in [-0.39, 0.29) is 0 Å². The van der Waals surface area contributed by atoms with Gasteiger partial charge in [0, 0.05) is 23.3 Å². The lowest BCUT2D eigenvalue weighted by molar-refractivity contribution is 0.743. The first kappa shape index (κ1) is 10.8. The molecule has 3 nitrogen and oxygen atoms in total. The summed E-state index contributed by atoms with van der Waals surface area (Å²) in [5, 5.41) is 5.62. The molecule has 0 atom stereocenters. The van der Waals surface area contributed by atoms with Crippen molar-refractivity contribution in [2.45, 2.75) is 38.8 Å². The van der Waals surface area contributed by atoms with Crippen molar-refractivity contribution >= 4 is 17.3 Å². The molecule has 0 amide bonds. The van der Waals surface area contributed by atoms with E-state index in [0.29, 0.717) is 6.04 Å². The van der Waals surface area contributed by atoms with Crippen LogP contribution in [0.15, 0.2) is 23.8 Å². The molecule has 17 heavy (non-hydrogen) atoms. The van der Waals surface area contributed by atoms with Gasteiger partial charge in [0.05, 0.1) is 6.54 Å². The van der Waals surface area contributed by atoms with Crippen LogP contribution in [0, 0.1) is 0 Å². The van der Waals surface area contributed by atoms with E-state index < -0.39 is 0 Å². The molecular weight excluding hydrogens is 230 g/mol. The van der Waals surface area contributed by atoms with Gasteiger partial charge in [-0.3, -0.25) is 0 Å². The monoisotopic (exact) mass is 247 g/mol. The van der Waals surface area contributed by atoms with Crippen molar-refractivity contribution in [2.24, 2.45) is 0 Å². The van der Waals surface area contributed by atoms with Gasteiger partial charge in [0.2, 0.25) is 5.95 Å². The minimum atomic E-state index is 0.689. The van der Waals surface area contributed by atoms with E-state index in [9.17, 15) is 0 Å². The molecular formula is C13H17N3S. The van der Waals surface area contributed by atoms with E-state index in [0.717, 1.165) is 18.9 Å². The van der Waals surface area contributed by atoms with Crippen LogP contribution in [0.1, 0.15) is 36.2 Å². The Morgan fingerprint density at radius 1 is 1.53 bits per heavy atom. The van der Waals surface area contributed by atoms with Crippen molar-refractivity contribution in [1.82, 2.24) is 9.55 Å². The standard InChI is InChI=1S/C13H17N3S/c1-2-10-5-8-17-12(10)9-15-13-14-6-7-16(13)11-3-4-11/h5-8,11H,2-4,9H2,1H3,(H,14,15). The van der Waals surface area contributed by atoms with Crippen LogP contribution in [0.2, 0.25) is 0 Å². The van der Waals surface area contributed by atoms with Gasteiger partial charge in [0.15, 0.2) is 0 Å². The molecule has 4 heteroatoms. The van der Waals surface area contributed by atoms with Gasteiger partial charge in [-0.1, -0.05) is 6.92 Å². The van der Waals surface area contributed by atoms with Crippen molar-refractivity contribution < 1.29 is 0 Å². The molecule has 0 unspecified atom stereocenters. The van der Waals surface area contributed by atoms with Crippen LogP contribution in [-0.4, -0.2) is 9.55 Å². The summed E-state index contributed by atoms with van der Waals surface area (Å²) in [6.07, 6.45) is 7.66. The molecule has 1 saturated carbocycles. The van der Waals surface area contributed by atoms with Crippen molar-refractivity contribution in [3.63, 3.8) is 0 Å². The molecule has 0 aromatic carbocycles. The number of aromatic nitrogens is 2. The topological polar surface area (TPSA) is 29.9 Å². The Morgan fingerprint density at radius 2 is 2.41 bits per heavy atom. The maximum Gasteiger partial charge on any atom is 0.203 e. The van der Waals surface area contributed by atoms with Gasteiger partial charge in [-0.05, 0) is 36.3 Å². The van der Waals surface area contributed by atoms with E-state index in [1.165, 1.54) is 23.3 Å². The molecule has 2 aromatic heterocycles. The fraction of sp³-hybridized carbons (Fsp3) is 0.462. The van der Waals surface area contributed by atoms with Crippen LogP contribution < -0.4 is 5.32 Å². The average Bonchev–Trinajstić information content (AvgIpc) is 2.93. The molecule has 0 bridgehead atoms. The molecule has 2 heterocycles. The molecule has 2 aromatic rings. The Hall–Kier alpha value is -1.29. The number of thiophene rings is 1. The Labute approximate surface area is 106 Å². The summed E-state index contributed by atoms with van der Waals surface area (Å²) >= 11 is 1.83. The van der Waals surface area contributed by atoms with Gasteiger partial charge in [0.25, 0.3) is 0 Å². The van der Waals surface area contributed by atoms with Crippen LogP contribution >= 0.6 is 11.3 Å². The number of hydrogen-bond acceptors (Lipinski definition) is 3. The second-order valence-electron chi connectivity index (χ2n) is 4.47. The highest BCUT2D eigenvalue weighted by Gasteiger charge is 2.25. The second-order valence-corrected chi connectivity index (χ2v) is 5.47. The molecule has 1 fully saturated rings. The lowest BCUT2D eigenvalue weighted by atomic mass is 10.2. The van der Waals surface area contributed by atoms with Gasteiger partial charge >= 0.3 is 0 Å². The molecule has 3 rings (SSSR count). The van der Waals surface area contributed by atoms with Crippen LogP contribution in [0.25, 0.3) is 0 Å². The van der Waals surface area contributed by atoms with Gasteiger partial charge in [-0.2, -0.15) is 0 Å². The Kier molecular flexibility index (Phi) is 2.89. The van der Waals surface area contributed by atoms with Crippen LogP contribution in [0.4, 0.5) is 5.95 Å². The third kappa shape index (κ3) is 2.22. The predicted molar refractivity (Wildman–Crippen MR) is 71.5 cm³/mol. The molecule has 0 spiro atoms. The number of nitrogens with zero attached hydrogens (tertiary/aromatic N) is 2. The van der Waals surface area contributed by atoms with Gasteiger partial charge in [0.1, 0.15) is 0 Å². The number of nitrogens with one attached hydrogen (secondary N) is 1. The first-order valence-corrected chi connectivity index (χ1v) is 7.08. The van der Waals surface area contributed by atoms with E-state index in [4.69, 9.17) is 0 Å². The van der Waals surface area contributed by atoms with Crippen molar-refractivity contribution in [3.8, 4) is 0 Å². The van der Waals surface area contributed by atoms with E-state index in [2.05, 4.69) is 39.4 Å². The first-order valence-electron chi connectivity index (χ1n) is 6.20. The zero-order valence-electron chi connectivity index (χ0n) is 10.0. The largest absolute Gasteiger partial charge is 0.351 e. The Bertz CT molecular complexity index is 496. The fourth-order valence-electron chi connectivity index (χ4n) is 2.09. The maximum absolute atomic E-state index is 4.39. The normalized spacial score (nSPS) is 15.1. The molecule has 1 aliphatic carbocycles. The molecule has 90 valence electrons. The number of anilines is 1. The maximum atomic E-state index is 4.39. The van der Waals surface area contributed by atoms with Crippen LogP contribution in [0.5, 0.6) is 0 Å². The highest BCUT2D eigenvalue weighted by atomic mass is 32.1. The SMILES string of the molecule is CCc1ccsc1CNc1nccn1C1CC1. The fourth-order valence-corrected chi connectivity index (χ4v) is 3.01. The quantitative estimate of drug-likeness (QED) is 0.877. The van der Waals surface area contributed by atoms with Crippen molar-refractivity contribution in [3.05, 3.63) is 34.3 Å². The minimum Gasteiger partial charge on any atom is -0.351 e. The summed E-state index contributed by atoms with van der Waals surface area (Å²) in [7, 11) is 0. The Balaban J connectivity index is 1.69. The third-order valence-corrected chi connectivity index (χ3v) is 4.20. The Morgan fingerprint density at radius 3 is 3.18 bits per heavy atom. The summed E-state index contributed by atoms with van der Waals surface area (Å²) in [5.74, 6) is 1.02. The molecule has 1 N–H and O–H groups in total. The van der Waals surface area contributed by atoms with Crippen molar-refractivity contribution in [1.29, 1.82) is 0 Å². The van der Waals surface area contributed by atoms with Crippen molar-refractivity contribution in [2.75, 3.05) is 5.32 Å². The molecule has 0 aliphatic heterocycles. The number of rotatable bonds is 5. The zero-order chi connectivity index (χ0) is 11.7. The lowest BCUT2D eigenvalue weighted by Gasteiger charge is -2.08. The van der Waals surface area contributed by atoms with Gasteiger partial charge < -0.3 is 9.88 Å². The van der Waals surface area contributed by atoms with Crippen LogP contribution in [0.3, 0.4) is 0 Å². The highest BCUT2D eigenvalue weighted by Crippen LogP contribution is 2.36. The summed E-state index contributed by atoms with van der Waals surface area (Å²) in [6, 6.07) is 2.91. The predicted octanol–water partition coefficient (Wildman–Crippen LogP) is 3.45. The number of aryl methyl sites for hydroxylation is 1. The summed E-state index contributed by atoms with van der Waals surface area (Å²) < 4.78 is 2.26. The highest BCUT2D eigenvalue weighted by molar-refractivity contribution is 7.10. The number of hydrogen-bond donors (Lipinski definition) is 1. The number of imidazole rings is 1. The van der Waals surface area contributed by atoms with Crippen LogP contribution in [-0.2, 0) is 13.0 Å².